The number of hydrogen-bond acceptors (Lipinski definition) is 6. The summed E-state index contributed by atoms with van der Waals surface area (Å²) in [6.45, 7) is 2.35. The van der Waals surface area contributed by atoms with Crippen LogP contribution in [0.2, 0.25) is 0 Å². The van der Waals surface area contributed by atoms with Crippen LogP contribution in [-0.2, 0) is 14.3 Å². The van der Waals surface area contributed by atoms with Crippen molar-refractivity contribution >= 4 is 17.5 Å². The zero-order chi connectivity index (χ0) is 24.3. The number of methoxy groups -OCH3 is 2. The van der Waals surface area contributed by atoms with Crippen LogP contribution in [0.1, 0.15) is 22.6 Å². The maximum atomic E-state index is 13.8. The maximum absolute atomic E-state index is 13.8. The van der Waals surface area contributed by atoms with Gasteiger partial charge in [0.25, 0.3) is 0 Å². The van der Waals surface area contributed by atoms with E-state index in [1.807, 2.05) is 89.8 Å². The number of anilines is 1. The lowest BCUT2D eigenvalue weighted by Crippen LogP contribution is -2.63. The number of carbonyl (C=O) groups is 1. The number of amides is 1. The van der Waals surface area contributed by atoms with Crippen molar-refractivity contribution < 1.29 is 14.3 Å². The van der Waals surface area contributed by atoms with Crippen molar-refractivity contribution in [1.29, 1.82) is 0 Å². The topological polar surface area (TPSA) is 66.4 Å². The Kier molecular flexibility index (Phi) is 6.53. The summed E-state index contributed by atoms with van der Waals surface area (Å²) in [7, 11) is 3.25. The molecule has 1 atom stereocenters. The van der Waals surface area contributed by atoms with Gasteiger partial charge in [0, 0.05) is 33.3 Å². The minimum atomic E-state index is -1.09. The van der Waals surface area contributed by atoms with Crippen molar-refractivity contribution in [3.63, 3.8) is 0 Å². The first-order valence-corrected chi connectivity index (χ1v) is 11.9. The van der Waals surface area contributed by atoms with Gasteiger partial charge in [-0.3, -0.25) is 4.79 Å². The molecule has 3 aromatic carbocycles. The summed E-state index contributed by atoms with van der Waals surface area (Å²) < 4.78 is 11.5. The molecule has 2 aliphatic rings. The Hall–Kier alpha value is -3.68. The lowest BCUT2D eigenvalue weighted by Gasteiger charge is -2.46. The SMILES string of the molecule is COC1=NC(OC)(N2CCN(C(=O)C(c3ccccc3)c3ccccc3)CC2)Nc2ccccc21. The molecule has 1 fully saturated rings. The van der Waals surface area contributed by atoms with Crippen molar-refractivity contribution in [1.82, 2.24) is 9.80 Å². The molecule has 0 radical (unpaired) electrons. The van der Waals surface area contributed by atoms with Crippen LogP contribution >= 0.6 is 0 Å². The van der Waals surface area contributed by atoms with Gasteiger partial charge in [0.1, 0.15) is 0 Å². The molecule has 0 bridgehead atoms. The van der Waals surface area contributed by atoms with Gasteiger partial charge >= 0.3 is 5.97 Å². The molecular weight excluding hydrogens is 440 g/mol. The average molecular weight is 471 g/mol. The minimum absolute atomic E-state index is 0.108. The van der Waals surface area contributed by atoms with E-state index < -0.39 is 5.97 Å². The number of aliphatic imine (C=N–C) groups is 1. The summed E-state index contributed by atoms with van der Waals surface area (Å²) in [5.41, 5.74) is 3.79. The highest BCUT2D eigenvalue weighted by Crippen LogP contribution is 2.33. The van der Waals surface area contributed by atoms with E-state index in [0.29, 0.717) is 32.1 Å². The standard InChI is InChI=1S/C28H30N4O3/c1-34-26-23-15-9-10-16-24(23)29-28(30-26,35-2)32-19-17-31(18-20-32)27(33)25(21-11-5-3-6-12-21)22-13-7-4-8-14-22/h3-16,25,29H,17-20H2,1-2H3. The van der Waals surface area contributed by atoms with E-state index in [1.54, 1.807) is 14.2 Å². The van der Waals surface area contributed by atoms with E-state index in [2.05, 4.69) is 10.2 Å². The molecule has 7 heteroatoms. The van der Waals surface area contributed by atoms with Gasteiger partial charge in [-0.05, 0) is 23.3 Å². The lowest BCUT2D eigenvalue weighted by atomic mass is 9.90. The van der Waals surface area contributed by atoms with Gasteiger partial charge < -0.3 is 19.7 Å². The second kappa shape index (κ2) is 9.90. The number of fused-ring (bicyclic) bond motifs is 1. The Morgan fingerprint density at radius 1 is 0.857 bits per heavy atom. The normalized spacial score (nSPS) is 20.1. The number of para-hydroxylation sites is 1. The first-order valence-electron chi connectivity index (χ1n) is 11.9. The fourth-order valence-corrected chi connectivity index (χ4v) is 4.89. The van der Waals surface area contributed by atoms with Crippen molar-refractivity contribution in [2.24, 2.45) is 4.99 Å². The molecule has 7 nitrogen and oxygen atoms in total. The monoisotopic (exact) mass is 470 g/mol. The summed E-state index contributed by atoms with van der Waals surface area (Å²) in [5, 5.41) is 3.45. The van der Waals surface area contributed by atoms with Crippen molar-refractivity contribution in [3.05, 3.63) is 102 Å². The van der Waals surface area contributed by atoms with Gasteiger partial charge in [0.2, 0.25) is 11.8 Å². The van der Waals surface area contributed by atoms with Gasteiger partial charge in [-0.2, -0.15) is 4.99 Å². The van der Waals surface area contributed by atoms with Crippen molar-refractivity contribution in [2.45, 2.75) is 11.9 Å². The molecule has 35 heavy (non-hydrogen) atoms. The third-order valence-corrected chi connectivity index (χ3v) is 6.72. The van der Waals surface area contributed by atoms with Crippen LogP contribution in [0, 0.1) is 0 Å². The van der Waals surface area contributed by atoms with Crippen LogP contribution in [0.15, 0.2) is 89.9 Å². The largest absolute Gasteiger partial charge is 0.481 e. The highest BCUT2D eigenvalue weighted by atomic mass is 16.5. The molecule has 3 aromatic rings. The number of nitrogens with one attached hydrogen (secondary N) is 1. The molecule has 1 N–H and O–H groups in total. The number of hydrogen-bond donors (Lipinski definition) is 1. The van der Waals surface area contributed by atoms with Crippen molar-refractivity contribution in [2.75, 3.05) is 45.7 Å². The Morgan fingerprint density at radius 2 is 1.43 bits per heavy atom. The number of ether oxygens (including phenoxy) is 2. The predicted molar refractivity (Wildman–Crippen MR) is 136 cm³/mol. The van der Waals surface area contributed by atoms with E-state index >= 15 is 0 Å². The summed E-state index contributed by atoms with van der Waals surface area (Å²) in [6, 6.07) is 27.9. The first kappa shape index (κ1) is 23.1. The van der Waals surface area contributed by atoms with Gasteiger partial charge in [-0.15, -0.1) is 0 Å². The number of piperazine rings is 1. The summed E-state index contributed by atoms with van der Waals surface area (Å²) in [5.74, 6) is -0.796. The van der Waals surface area contributed by atoms with Gasteiger partial charge in [0.15, 0.2) is 0 Å². The van der Waals surface area contributed by atoms with Crippen molar-refractivity contribution in [3.8, 4) is 0 Å². The van der Waals surface area contributed by atoms with E-state index in [-0.39, 0.29) is 11.8 Å². The van der Waals surface area contributed by atoms with E-state index in [9.17, 15) is 4.79 Å². The Labute approximate surface area is 206 Å². The molecule has 0 aromatic heterocycles. The Bertz CT molecular complexity index is 1150. The molecule has 0 saturated carbocycles. The molecule has 5 rings (SSSR count). The van der Waals surface area contributed by atoms with E-state index in [0.717, 1.165) is 22.4 Å². The second-order valence-electron chi connectivity index (χ2n) is 8.67. The molecule has 2 aliphatic heterocycles. The number of nitrogens with zero attached hydrogens (tertiary/aromatic N) is 3. The van der Waals surface area contributed by atoms with Crippen LogP contribution in [0.5, 0.6) is 0 Å². The molecule has 1 saturated heterocycles. The molecule has 0 aliphatic carbocycles. The zero-order valence-corrected chi connectivity index (χ0v) is 20.1. The van der Waals surface area contributed by atoms with Gasteiger partial charge in [-0.1, -0.05) is 72.8 Å². The number of rotatable bonds is 5. The molecule has 1 unspecified atom stereocenters. The highest BCUT2D eigenvalue weighted by molar-refractivity contribution is 6.01. The third kappa shape index (κ3) is 4.40. The average Bonchev–Trinajstić information content (AvgIpc) is 2.93. The maximum Gasteiger partial charge on any atom is 0.305 e. The van der Waals surface area contributed by atoms with Gasteiger partial charge in [-0.25, -0.2) is 4.90 Å². The predicted octanol–water partition coefficient (Wildman–Crippen LogP) is 3.74. The van der Waals surface area contributed by atoms with Crippen LogP contribution in [0.3, 0.4) is 0 Å². The molecule has 1 amide bonds. The quantitative estimate of drug-likeness (QED) is 0.616. The smallest absolute Gasteiger partial charge is 0.305 e. The zero-order valence-electron chi connectivity index (χ0n) is 20.1. The Morgan fingerprint density at radius 3 is 2.00 bits per heavy atom. The molecular formula is C28H30N4O3. The second-order valence-corrected chi connectivity index (χ2v) is 8.67. The number of benzene rings is 3. The fourth-order valence-electron chi connectivity index (χ4n) is 4.89. The van der Waals surface area contributed by atoms with Crippen LogP contribution in [0.4, 0.5) is 5.69 Å². The van der Waals surface area contributed by atoms with Crippen LogP contribution in [-0.4, -0.2) is 68.0 Å². The summed E-state index contributed by atoms with van der Waals surface area (Å²) in [6.07, 6.45) is 0. The fraction of sp³-hybridized carbons (Fsp3) is 0.286. The van der Waals surface area contributed by atoms with Crippen LogP contribution in [0.25, 0.3) is 0 Å². The van der Waals surface area contributed by atoms with E-state index in [4.69, 9.17) is 14.5 Å². The minimum Gasteiger partial charge on any atom is -0.481 e. The van der Waals surface area contributed by atoms with Gasteiger partial charge in [0.05, 0.1) is 24.3 Å². The molecule has 0 spiro atoms. The molecule has 2 heterocycles. The lowest BCUT2D eigenvalue weighted by molar-refractivity contribution is -0.145. The van der Waals surface area contributed by atoms with E-state index in [1.165, 1.54) is 0 Å². The Balaban J connectivity index is 1.36. The highest BCUT2D eigenvalue weighted by Gasteiger charge is 2.44. The molecule has 180 valence electrons. The third-order valence-electron chi connectivity index (χ3n) is 6.72. The number of carbonyl (C=O) groups excluding carboxylic acids is 1. The van der Waals surface area contributed by atoms with Crippen LogP contribution < -0.4 is 5.32 Å². The first-order chi connectivity index (χ1) is 17.1. The summed E-state index contributed by atoms with van der Waals surface area (Å²) in [4.78, 5) is 22.7. The summed E-state index contributed by atoms with van der Waals surface area (Å²) >= 11 is 0.